The number of ketones is 1. The number of carbonyl (C=O) groups excluding carboxylic acids is 1. The molecule has 136 valence electrons. The van der Waals surface area contributed by atoms with E-state index in [1.165, 1.54) is 23.8 Å². The van der Waals surface area contributed by atoms with Crippen LogP contribution in [0.1, 0.15) is 39.0 Å². The maximum absolute atomic E-state index is 12.2. The van der Waals surface area contributed by atoms with Gasteiger partial charge in [-0.2, -0.15) is 0 Å². The Labute approximate surface area is 156 Å². The van der Waals surface area contributed by atoms with Gasteiger partial charge >= 0.3 is 5.97 Å². The van der Waals surface area contributed by atoms with E-state index in [2.05, 4.69) is 6.92 Å². The minimum absolute atomic E-state index is 0.131. The fourth-order valence-electron chi connectivity index (χ4n) is 2.62. The zero-order chi connectivity index (χ0) is 19.4. The molecule has 2 N–H and O–H groups in total. The predicted molar refractivity (Wildman–Crippen MR) is 102 cm³/mol. The summed E-state index contributed by atoms with van der Waals surface area (Å²) in [5.41, 5.74) is 2.08. The van der Waals surface area contributed by atoms with E-state index in [1.54, 1.807) is 36.4 Å². The summed E-state index contributed by atoms with van der Waals surface area (Å²) in [5.74, 6) is -0.753. The minimum atomic E-state index is -1.22. The lowest BCUT2D eigenvalue weighted by atomic mass is 10.1. The molecule has 0 saturated heterocycles. The number of allylic oxidation sites excluding steroid dienone is 1. The van der Waals surface area contributed by atoms with Crippen LogP contribution in [0.5, 0.6) is 5.75 Å². The van der Waals surface area contributed by atoms with Gasteiger partial charge in [0.15, 0.2) is 5.78 Å². The molecule has 0 aliphatic rings. The van der Waals surface area contributed by atoms with Gasteiger partial charge in [0, 0.05) is 11.1 Å². The standard InChI is InChI=1S/C22H18O5/c1-2-14-3-5-15(6-4-14)19(23)11-8-17-9-12-21(27-17)16-7-10-20(24)18(13-16)22(25)26/h3-13,24H,2H2,1H3,(H,25,26)/b11-8+. The number of carbonyl (C=O) groups is 2. The molecule has 5 nitrogen and oxygen atoms in total. The van der Waals surface area contributed by atoms with Gasteiger partial charge < -0.3 is 14.6 Å². The summed E-state index contributed by atoms with van der Waals surface area (Å²) in [6.45, 7) is 2.05. The van der Waals surface area contributed by atoms with Crippen molar-refractivity contribution in [1.29, 1.82) is 0 Å². The van der Waals surface area contributed by atoms with Crippen LogP contribution < -0.4 is 0 Å². The van der Waals surface area contributed by atoms with E-state index >= 15 is 0 Å². The minimum Gasteiger partial charge on any atom is -0.507 e. The summed E-state index contributed by atoms with van der Waals surface area (Å²) >= 11 is 0. The number of carboxylic acids is 1. The molecular formula is C22H18O5. The Morgan fingerprint density at radius 3 is 2.44 bits per heavy atom. The smallest absolute Gasteiger partial charge is 0.339 e. The molecule has 0 saturated carbocycles. The van der Waals surface area contributed by atoms with Crippen LogP contribution in [0.25, 0.3) is 17.4 Å². The number of furan rings is 1. The van der Waals surface area contributed by atoms with Gasteiger partial charge in [-0.3, -0.25) is 4.79 Å². The molecule has 2 aromatic carbocycles. The quantitative estimate of drug-likeness (QED) is 0.485. The molecule has 5 heteroatoms. The first-order valence-electron chi connectivity index (χ1n) is 8.46. The van der Waals surface area contributed by atoms with Gasteiger partial charge in [-0.25, -0.2) is 4.79 Å². The molecule has 1 aromatic heterocycles. The van der Waals surface area contributed by atoms with Gasteiger partial charge in [0.05, 0.1) is 0 Å². The molecule has 3 aromatic rings. The number of rotatable bonds is 6. The van der Waals surface area contributed by atoms with Crippen LogP contribution in [0, 0.1) is 0 Å². The molecule has 0 unspecified atom stereocenters. The second-order valence-electron chi connectivity index (χ2n) is 5.99. The average Bonchev–Trinajstić information content (AvgIpc) is 3.15. The van der Waals surface area contributed by atoms with Gasteiger partial charge in [-0.05, 0) is 54.5 Å². The van der Waals surface area contributed by atoms with E-state index in [9.17, 15) is 14.7 Å². The molecule has 0 aliphatic carbocycles. The molecule has 0 fully saturated rings. The van der Waals surface area contributed by atoms with Gasteiger partial charge in [0.2, 0.25) is 0 Å². The van der Waals surface area contributed by atoms with Crippen LogP contribution in [0.2, 0.25) is 0 Å². The van der Waals surface area contributed by atoms with Gasteiger partial charge in [-0.15, -0.1) is 0 Å². The third kappa shape index (κ3) is 4.15. The van der Waals surface area contributed by atoms with Crippen molar-refractivity contribution in [3.63, 3.8) is 0 Å². The SMILES string of the molecule is CCc1ccc(C(=O)/C=C/c2ccc(-c3ccc(O)c(C(=O)O)c3)o2)cc1. The molecule has 0 atom stereocenters. The fourth-order valence-corrected chi connectivity index (χ4v) is 2.62. The summed E-state index contributed by atoms with van der Waals surface area (Å²) in [6, 6.07) is 15.0. The van der Waals surface area contributed by atoms with Crippen molar-refractivity contribution in [3.05, 3.63) is 83.1 Å². The lowest BCUT2D eigenvalue weighted by molar-refractivity contribution is 0.0693. The first-order chi connectivity index (χ1) is 13.0. The van der Waals surface area contributed by atoms with Crippen molar-refractivity contribution >= 4 is 17.8 Å². The zero-order valence-corrected chi connectivity index (χ0v) is 14.7. The number of hydrogen-bond acceptors (Lipinski definition) is 4. The Hall–Kier alpha value is -3.60. The van der Waals surface area contributed by atoms with Crippen LogP contribution >= 0.6 is 0 Å². The van der Waals surface area contributed by atoms with Gasteiger partial charge in [-0.1, -0.05) is 31.2 Å². The summed E-state index contributed by atoms with van der Waals surface area (Å²) in [6.07, 6.45) is 3.92. The number of aryl methyl sites for hydroxylation is 1. The number of carboxylic acid groups (broad SMARTS) is 1. The highest BCUT2D eigenvalue weighted by molar-refractivity contribution is 6.06. The predicted octanol–water partition coefficient (Wildman–Crippen LogP) is 4.81. The summed E-state index contributed by atoms with van der Waals surface area (Å²) in [4.78, 5) is 23.4. The van der Waals surface area contributed by atoms with Crippen molar-refractivity contribution < 1.29 is 24.2 Å². The lowest BCUT2D eigenvalue weighted by Gasteiger charge is -2.02. The normalized spacial score (nSPS) is 11.0. The number of aromatic hydroxyl groups is 1. The fraction of sp³-hybridized carbons (Fsp3) is 0.0909. The topological polar surface area (TPSA) is 87.7 Å². The third-order valence-corrected chi connectivity index (χ3v) is 4.18. The van der Waals surface area contributed by atoms with E-state index in [0.29, 0.717) is 22.6 Å². The number of hydrogen-bond donors (Lipinski definition) is 2. The Morgan fingerprint density at radius 1 is 1.04 bits per heavy atom. The molecular weight excluding hydrogens is 344 g/mol. The summed E-state index contributed by atoms with van der Waals surface area (Å²) < 4.78 is 5.65. The largest absolute Gasteiger partial charge is 0.507 e. The van der Waals surface area contributed by atoms with Crippen molar-refractivity contribution in [3.8, 4) is 17.1 Å². The molecule has 1 heterocycles. The van der Waals surface area contributed by atoms with Crippen molar-refractivity contribution in [2.45, 2.75) is 13.3 Å². The number of aromatic carboxylic acids is 1. The Balaban J connectivity index is 1.77. The second-order valence-corrected chi connectivity index (χ2v) is 5.99. The number of phenols is 1. The monoisotopic (exact) mass is 362 g/mol. The second kappa shape index (κ2) is 7.74. The van der Waals surface area contributed by atoms with Gasteiger partial charge in [0.1, 0.15) is 22.8 Å². The molecule has 3 rings (SSSR count). The van der Waals surface area contributed by atoms with Crippen LogP contribution in [0.4, 0.5) is 0 Å². The zero-order valence-electron chi connectivity index (χ0n) is 14.7. The number of benzene rings is 2. The van der Waals surface area contributed by atoms with E-state index in [0.717, 1.165) is 6.42 Å². The van der Waals surface area contributed by atoms with Crippen molar-refractivity contribution in [2.75, 3.05) is 0 Å². The maximum atomic E-state index is 12.2. The van der Waals surface area contributed by atoms with Crippen LogP contribution in [-0.2, 0) is 6.42 Å². The van der Waals surface area contributed by atoms with E-state index in [1.807, 2.05) is 12.1 Å². The van der Waals surface area contributed by atoms with Gasteiger partial charge in [0.25, 0.3) is 0 Å². The molecule has 0 aliphatic heterocycles. The van der Waals surface area contributed by atoms with Crippen LogP contribution in [0.3, 0.4) is 0 Å². The van der Waals surface area contributed by atoms with E-state index in [-0.39, 0.29) is 17.1 Å². The first-order valence-corrected chi connectivity index (χ1v) is 8.46. The average molecular weight is 362 g/mol. The van der Waals surface area contributed by atoms with Crippen LogP contribution in [0.15, 0.2) is 65.1 Å². The highest BCUT2D eigenvalue weighted by Gasteiger charge is 2.12. The Kier molecular flexibility index (Phi) is 5.22. The molecule has 0 spiro atoms. The molecule has 0 amide bonds. The van der Waals surface area contributed by atoms with Crippen molar-refractivity contribution in [1.82, 2.24) is 0 Å². The first kappa shape index (κ1) is 18.2. The maximum Gasteiger partial charge on any atom is 0.339 e. The molecule has 0 bridgehead atoms. The Bertz CT molecular complexity index is 1010. The van der Waals surface area contributed by atoms with Crippen molar-refractivity contribution in [2.24, 2.45) is 0 Å². The highest BCUT2D eigenvalue weighted by Crippen LogP contribution is 2.28. The Morgan fingerprint density at radius 2 is 1.78 bits per heavy atom. The lowest BCUT2D eigenvalue weighted by Crippen LogP contribution is -1.96. The molecule has 27 heavy (non-hydrogen) atoms. The summed E-state index contributed by atoms with van der Waals surface area (Å²) in [7, 11) is 0. The highest BCUT2D eigenvalue weighted by atomic mass is 16.4. The van der Waals surface area contributed by atoms with E-state index in [4.69, 9.17) is 9.52 Å². The summed E-state index contributed by atoms with van der Waals surface area (Å²) in [5, 5.41) is 18.7. The molecule has 0 radical (unpaired) electrons. The van der Waals surface area contributed by atoms with E-state index < -0.39 is 5.97 Å². The van der Waals surface area contributed by atoms with Crippen LogP contribution in [-0.4, -0.2) is 22.0 Å². The third-order valence-electron chi connectivity index (χ3n) is 4.18.